The number of aromatic carboxylic acids is 1. The van der Waals surface area contributed by atoms with Crippen molar-refractivity contribution in [3.63, 3.8) is 0 Å². The molecule has 1 rings (SSSR count). The second kappa shape index (κ2) is 5.73. The summed E-state index contributed by atoms with van der Waals surface area (Å²) in [4.78, 5) is 22.0. The number of carbonyl (C=O) groups excluding carboxylic acids is 1. The highest BCUT2D eigenvalue weighted by atomic mass is 19.4. The van der Waals surface area contributed by atoms with Crippen LogP contribution >= 0.6 is 0 Å². The SMILES string of the molecule is Cc1cc(NC(=O)CCC(F)(F)F)ccc1C(=O)O. The molecule has 0 bridgehead atoms. The lowest BCUT2D eigenvalue weighted by atomic mass is 10.1. The highest BCUT2D eigenvalue weighted by molar-refractivity contribution is 5.93. The van der Waals surface area contributed by atoms with Crippen LogP contribution in [0.2, 0.25) is 0 Å². The predicted molar refractivity (Wildman–Crippen MR) is 62.1 cm³/mol. The number of nitrogens with one attached hydrogen (secondary N) is 1. The minimum absolute atomic E-state index is 0.0771. The molecule has 0 saturated carbocycles. The molecule has 0 saturated heterocycles. The van der Waals surface area contributed by atoms with Crippen LogP contribution < -0.4 is 5.32 Å². The van der Waals surface area contributed by atoms with E-state index in [1.807, 2.05) is 0 Å². The zero-order chi connectivity index (χ0) is 14.6. The van der Waals surface area contributed by atoms with E-state index in [-0.39, 0.29) is 11.3 Å². The van der Waals surface area contributed by atoms with Crippen LogP contribution in [-0.2, 0) is 4.79 Å². The minimum atomic E-state index is -4.37. The highest BCUT2D eigenvalue weighted by Crippen LogP contribution is 2.22. The molecule has 0 fully saturated rings. The van der Waals surface area contributed by atoms with Gasteiger partial charge in [0.15, 0.2) is 0 Å². The van der Waals surface area contributed by atoms with Gasteiger partial charge < -0.3 is 10.4 Å². The number of anilines is 1. The Morgan fingerprint density at radius 2 is 1.95 bits per heavy atom. The number of amides is 1. The molecule has 7 heteroatoms. The van der Waals surface area contributed by atoms with Gasteiger partial charge in [-0.15, -0.1) is 0 Å². The van der Waals surface area contributed by atoms with Gasteiger partial charge in [-0.1, -0.05) is 0 Å². The van der Waals surface area contributed by atoms with E-state index in [1.165, 1.54) is 25.1 Å². The molecule has 0 aromatic heterocycles. The number of carbonyl (C=O) groups is 2. The third kappa shape index (κ3) is 4.99. The molecule has 0 heterocycles. The molecule has 0 unspecified atom stereocenters. The Hall–Kier alpha value is -2.05. The second-order valence-electron chi connectivity index (χ2n) is 4.00. The van der Waals surface area contributed by atoms with Gasteiger partial charge in [-0.3, -0.25) is 4.79 Å². The molecule has 4 nitrogen and oxygen atoms in total. The number of aryl methyl sites for hydroxylation is 1. The number of hydrogen-bond acceptors (Lipinski definition) is 2. The van der Waals surface area contributed by atoms with Crippen LogP contribution in [0.3, 0.4) is 0 Å². The lowest BCUT2D eigenvalue weighted by Gasteiger charge is -2.09. The smallest absolute Gasteiger partial charge is 0.389 e. The molecule has 0 aliphatic carbocycles. The van der Waals surface area contributed by atoms with E-state index in [4.69, 9.17) is 5.11 Å². The van der Waals surface area contributed by atoms with Crippen LogP contribution in [0.1, 0.15) is 28.8 Å². The maximum Gasteiger partial charge on any atom is 0.389 e. The zero-order valence-electron chi connectivity index (χ0n) is 10.0. The van der Waals surface area contributed by atoms with Gasteiger partial charge in [0.05, 0.1) is 12.0 Å². The molecule has 1 aromatic carbocycles. The molecule has 1 amide bonds. The first-order chi connectivity index (χ1) is 8.69. The monoisotopic (exact) mass is 275 g/mol. The fourth-order valence-corrected chi connectivity index (χ4v) is 1.46. The second-order valence-corrected chi connectivity index (χ2v) is 4.00. The van der Waals surface area contributed by atoms with Crippen LogP contribution in [0.25, 0.3) is 0 Å². The average molecular weight is 275 g/mol. The maximum atomic E-state index is 11.9. The Bertz CT molecular complexity index is 497. The summed E-state index contributed by atoms with van der Waals surface area (Å²) in [7, 11) is 0. The van der Waals surface area contributed by atoms with Crippen LogP contribution in [0, 0.1) is 6.92 Å². The molecular weight excluding hydrogens is 263 g/mol. The molecule has 0 spiro atoms. The third-order valence-electron chi connectivity index (χ3n) is 2.38. The Morgan fingerprint density at radius 3 is 2.42 bits per heavy atom. The number of carboxylic acids is 1. The Balaban J connectivity index is 2.65. The van der Waals surface area contributed by atoms with E-state index < -0.39 is 30.9 Å². The van der Waals surface area contributed by atoms with Crippen LogP contribution in [0.4, 0.5) is 18.9 Å². The summed E-state index contributed by atoms with van der Waals surface area (Å²) in [5.74, 6) is -1.87. The number of alkyl halides is 3. The van der Waals surface area contributed by atoms with Crippen molar-refractivity contribution >= 4 is 17.6 Å². The number of rotatable bonds is 4. The van der Waals surface area contributed by atoms with Crippen LogP contribution in [0.15, 0.2) is 18.2 Å². The van der Waals surface area contributed by atoms with Gasteiger partial charge in [0, 0.05) is 12.1 Å². The maximum absolute atomic E-state index is 11.9. The summed E-state index contributed by atoms with van der Waals surface area (Å²) >= 11 is 0. The van der Waals surface area contributed by atoms with E-state index in [0.29, 0.717) is 5.56 Å². The van der Waals surface area contributed by atoms with E-state index in [2.05, 4.69) is 5.32 Å². The zero-order valence-corrected chi connectivity index (χ0v) is 10.0. The molecule has 104 valence electrons. The van der Waals surface area contributed by atoms with E-state index in [0.717, 1.165) is 0 Å². The molecular formula is C12H12F3NO3. The van der Waals surface area contributed by atoms with Gasteiger partial charge in [-0.25, -0.2) is 4.79 Å². The van der Waals surface area contributed by atoms with Crippen molar-refractivity contribution in [3.8, 4) is 0 Å². The van der Waals surface area contributed by atoms with Gasteiger partial charge in [0.25, 0.3) is 0 Å². The first-order valence-corrected chi connectivity index (χ1v) is 5.39. The normalized spacial score (nSPS) is 11.2. The van der Waals surface area contributed by atoms with Crippen molar-refractivity contribution in [2.24, 2.45) is 0 Å². The number of hydrogen-bond donors (Lipinski definition) is 2. The standard InChI is InChI=1S/C12H12F3NO3/c1-7-6-8(2-3-9(7)11(18)19)16-10(17)4-5-12(13,14)15/h2-3,6H,4-5H2,1H3,(H,16,17)(H,18,19). The molecule has 0 aliphatic heterocycles. The molecule has 1 aromatic rings. The highest BCUT2D eigenvalue weighted by Gasteiger charge is 2.27. The van der Waals surface area contributed by atoms with E-state index in [9.17, 15) is 22.8 Å². The summed E-state index contributed by atoms with van der Waals surface area (Å²) in [6.45, 7) is 1.54. The van der Waals surface area contributed by atoms with Crippen molar-refractivity contribution in [1.82, 2.24) is 0 Å². The molecule has 2 N–H and O–H groups in total. The summed E-state index contributed by atoms with van der Waals surface area (Å²) in [5.41, 5.74) is 0.768. The van der Waals surface area contributed by atoms with Crippen molar-refractivity contribution in [1.29, 1.82) is 0 Å². The van der Waals surface area contributed by atoms with Crippen molar-refractivity contribution in [3.05, 3.63) is 29.3 Å². The van der Waals surface area contributed by atoms with Crippen molar-refractivity contribution in [2.75, 3.05) is 5.32 Å². The van der Waals surface area contributed by atoms with E-state index >= 15 is 0 Å². The van der Waals surface area contributed by atoms with Gasteiger partial charge in [-0.05, 0) is 30.7 Å². The van der Waals surface area contributed by atoms with Gasteiger partial charge in [0.1, 0.15) is 0 Å². The average Bonchev–Trinajstić information content (AvgIpc) is 2.25. The summed E-state index contributed by atoms with van der Waals surface area (Å²) in [6, 6.07) is 4.02. The molecule has 19 heavy (non-hydrogen) atoms. The fourth-order valence-electron chi connectivity index (χ4n) is 1.46. The lowest BCUT2D eigenvalue weighted by molar-refractivity contribution is -0.142. The lowest BCUT2D eigenvalue weighted by Crippen LogP contribution is -2.16. The Kier molecular flexibility index (Phi) is 4.52. The number of halogens is 3. The fraction of sp³-hybridized carbons (Fsp3) is 0.333. The summed E-state index contributed by atoms with van der Waals surface area (Å²) in [6.07, 6.45) is -6.23. The summed E-state index contributed by atoms with van der Waals surface area (Å²) in [5, 5.41) is 11.1. The Labute approximate surface area is 107 Å². The van der Waals surface area contributed by atoms with Crippen LogP contribution in [-0.4, -0.2) is 23.2 Å². The van der Waals surface area contributed by atoms with E-state index in [1.54, 1.807) is 0 Å². The predicted octanol–water partition coefficient (Wildman–Crippen LogP) is 2.97. The molecule has 0 atom stereocenters. The molecule has 0 aliphatic rings. The van der Waals surface area contributed by atoms with Crippen molar-refractivity contribution < 1.29 is 27.9 Å². The van der Waals surface area contributed by atoms with Gasteiger partial charge in [0.2, 0.25) is 5.91 Å². The van der Waals surface area contributed by atoms with Gasteiger partial charge >= 0.3 is 12.1 Å². The largest absolute Gasteiger partial charge is 0.478 e. The minimum Gasteiger partial charge on any atom is -0.478 e. The third-order valence-corrected chi connectivity index (χ3v) is 2.38. The molecule has 0 radical (unpaired) electrons. The first kappa shape index (κ1) is 15.0. The van der Waals surface area contributed by atoms with Crippen molar-refractivity contribution in [2.45, 2.75) is 25.9 Å². The topological polar surface area (TPSA) is 66.4 Å². The van der Waals surface area contributed by atoms with Crippen LogP contribution in [0.5, 0.6) is 0 Å². The Morgan fingerprint density at radius 1 is 1.32 bits per heavy atom. The first-order valence-electron chi connectivity index (χ1n) is 5.39. The van der Waals surface area contributed by atoms with Gasteiger partial charge in [-0.2, -0.15) is 13.2 Å². The quantitative estimate of drug-likeness (QED) is 0.887. The number of carboxylic acid groups (broad SMARTS) is 1. The number of benzene rings is 1. The summed E-state index contributed by atoms with van der Waals surface area (Å²) < 4.78 is 35.7.